The molecule has 2 aliphatic rings. The van der Waals surface area contributed by atoms with Gasteiger partial charge in [-0.3, -0.25) is 0 Å². The lowest BCUT2D eigenvalue weighted by Crippen LogP contribution is -2.21. The van der Waals surface area contributed by atoms with E-state index in [1.807, 2.05) is 0 Å². The van der Waals surface area contributed by atoms with Gasteiger partial charge in [-0.1, -0.05) is 13.3 Å². The molecule has 1 aliphatic carbocycles. The molecule has 3 unspecified atom stereocenters. The average molecular weight is 170 g/mol. The van der Waals surface area contributed by atoms with E-state index in [0.29, 0.717) is 18.3 Å². The molecular formula is C10H18O2. The molecule has 0 radical (unpaired) electrons. The maximum Gasteiger partial charge on any atom is 0.0866 e. The number of hydrogen-bond acceptors (Lipinski definition) is 2. The summed E-state index contributed by atoms with van der Waals surface area (Å²) in [5.74, 6) is 0. The molecule has 2 heteroatoms. The Hall–Kier alpha value is -0.0800. The van der Waals surface area contributed by atoms with Gasteiger partial charge >= 0.3 is 0 Å². The molecule has 1 saturated heterocycles. The highest BCUT2D eigenvalue weighted by molar-refractivity contribution is 4.92. The first-order chi connectivity index (χ1) is 5.90. The van der Waals surface area contributed by atoms with Gasteiger partial charge < -0.3 is 9.47 Å². The molecule has 0 spiro atoms. The summed E-state index contributed by atoms with van der Waals surface area (Å²) in [5, 5.41) is 0. The number of hydrogen-bond donors (Lipinski definition) is 0. The molecule has 0 bridgehead atoms. The molecule has 1 aliphatic heterocycles. The van der Waals surface area contributed by atoms with Gasteiger partial charge in [0.05, 0.1) is 18.3 Å². The summed E-state index contributed by atoms with van der Waals surface area (Å²) in [6.07, 6.45) is 7.68. The average Bonchev–Trinajstić information content (AvgIpc) is 2.83. The highest BCUT2D eigenvalue weighted by Crippen LogP contribution is 2.37. The van der Waals surface area contributed by atoms with Gasteiger partial charge in [-0.2, -0.15) is 0 Å². The minimum absolute atomic E-state index is 0.500. The number of ether oxygens (including phenoxy) is 2. The van der Waals surface area contributed by atoms with Crippen LogP contribution < -0.4 is 0 Å². The lowest BCUT2D eigenvalue weighted by atomic mass is 9.98. The van der Waals surface area contributed by atoms with Gasteiger partial charge in [-0.25, -0.2) is 0 Å². The summed E-state index contributed by atoms with van der Waals surface area (Å²) in [4.78, 5) is 0. The van der Waals surface area contributed by atoms with Crippen molar-refractivity contribution in [2.75, 3.05) is 6.61 Å². The topological polar surface area (TPSA) is 21.8 Å². The molecule has 2 rings (SSSR count). The van der Waals surface area contributed by atoms with Crippen molar-refractivity contribution in [1.82, 2.24) is 0 Å². The first-order valence-electron chi connectivity index (χ1n) is 5.17. The van der Waals surface area contributed by atoms with Crippen LogP contribution in [-0.4, -0.2) is 24.9 Å². The van der Waals surface area contributed by atoms with Crippen molar-refractivity contribution in [1.29, 1.82) is 0 Å². The quantitative estimate of drug-likeness (QED) is 0.476. The number of rotatable bonds is 4. The van der Waals surface area contributed by atoms with Crippen LogP contribution in [0.4, 0.5) is 0 Å². The van der Waals surface area contributed by atoms with Gasteiger partial charge in [-0.05, 0) is 19.3 Å². The van der Waals surface area contributed by atoms with E-state index in [-0.39, 0.29) is 0 Å². The Morgan fingerprint density at radius 2 is 2.25 bits per heavy atom. The Morgan fingerprint density at radius 1 is 1.33 bits per heavy atom. The molecule has 3 atom stereocenters. The Kier molecular flexibility index (Phi) is 2.66. The fourth-order valence-electron chi connectivity index (χ4n) is 1.91. The van der Waals surface area contributed by atoms with Crippen molar-refractivity contribution in [3.8, 4) is 0 Å². The highest BCUT2D eigenvalue weighted by Gasteiger charge is 2.44. The largest absolute Gasteiger partial charge is 0.378 e. The zero-order chi connectivity index (χ0) is 8.39. The summed E-state index contributed by atoms with van der Waals surface area (Å²) in [7, 11) is 0. The van der Waals surface area contributed by atoms with Crippen molar-refractivity contribution in [2.24, 2.45) is 0 Å². The zero-order valence-electron chi connectivity index (χ0n) is 7.79. The predicted molar refractivity (Wildman–Crippen MR) is 47.2 cm³/mol. The second-order valence-electron chi connectivity index (χ2n) is 3.87. The minimum Gasteiger partial charge on any atom is -0.378 e. The molecule has 1 saturated carbocycles. The molecule has 1 heterocycles. The van der Waals surface area contributed by atoms with E-state index < -0.39 is 0 Å². The third-order valence-corrected chi connectivity index (χ3v) is 2.81. The van der Waals surface area contributed by atoms with Crippen LogP contribution in [0.3, 0.4) is 0 Å². The number of epoxide rings is 1. The third kappa shape index (κ3) is 1.99. The number of unbranched alkanes of at least 4 members (excludes halogenated alkanes) is 1. The molecule has 2 nitrogen and oxygen atoms in total. The maximum atomic E-state index is 5.74. The lowest BCUT2D eigenvalue weighted by Gasteiger charge is -2.19. The molecule has 0 aromatic carbocycles. The van der Waals surface area contributed by atoms with E-state index >= 15 is 0 Å². The summed E-state index contributed by atoms with van der Waals surface area (Å²) in [6, 6.07) is 0. The van der Waals surface area contributed by atoms with Gasteiger partial charge in [0.2, 0.25) is 0 Å². The van der Waals surface area contributed by atoms with Gasteiger partial charge in [0.15, 0.2) is 0 Å². The van der Waals surface area contributed by atoms with Crippen LogP contribution in [0.1, 0.15) is 39.0 Å². The molecule has 0 aromatic heterocycles. The van der Waals surface area contributed by atoms with E-state index in [9.17, 15) is 0 Å². The monoisotopic (exact) mass is 170 g/mol. The fraction of sp³-hybridized carbons (Fsp3) is 1.00. The van der Waals surface area contributed by atoms with Crippen LogP contribution in [0, 0.1) is 0 Å². The second kappa shape index (κ2) is 3.75. The normalized spacial score (nSPS) is 39.2. The smallest absolute Gasteiger partial charge is 0.0866 e. The minimum atomic E-state index is 0.500. The molecule has 0 N–H and O–H groups in total. The zero-order valence-corrected chi connectivity index (χ0v) is 7.79. The summed E-state index contributed by atoms with van der Waals surface area (Å²) >= 11 is 0. The molecule has 0 aromatic rings. The van der Waals surface area contributed by atoms with Crippen LogP contribution in [0.15, 0.2) is 0 Å². The SMILES string of the molecule is CCCCOC1CCC2OC2C1. The molecule has 70 valence electrons. The van der Waals surface area contributed by atoms with E-state index in [1.165, 1.54) is 25.7 Å². The first-order valence-corrected chi connectivity index (χ1v) is 5.17. The predicted octanol–water partition coefficient (Wildman–Crippen LogP) is 2.12. The second-order valence-corrected chi connectivity index (χ2v) is 3.87. The lowest BCUT2D eigenvalue weighted by molar-refractivity contribution is 0.0315. The Balaban J connectivity index is 1.61. The molecule has 0 amide bonds. The van der Waals surface area contributed by atoms with Crippen LogP contribution in [0.25, 0.3) is 0 Å². The van der Waals surface area contributed by atoms with Crippen molar-refractivity contribution < 1.29 is 9.47 Å². The van der Waals surface area contributed by atoms with E-state index in [0.717, 1.165) is 13.0 Å². The van der Waals surface area contributed by atoms with Crippen LogP contribution in [-0.2, 0) is 9.47 Å². The number of fused-ring (bicyclic) bond motifs is 1. The first kappa shape index (κ1) is 8.52. The van der Waals surface area contributed by atoms with Gasteiger partial charge in [0, 0.05) is 13.0 Å². The van der Waals surface area contributed by atoms with Crippen molar-refractivity contribution in [3.63, 3.8) is 0 Å². The molecule has 12 heavy (non-hydrogen) atoms. The Labute approximate surface area is 74.2 Å². The Bertz CT molecular complexity index is 147. The molecule has 2 fully saturated rings. The third-order valence-electron chi connectivity index (χ3n) is 2.81. The van der Waals surface area contributed by atoms with Crippen molar-refractivity contribution in [2.45, 2.75) is 57.3 Å². The van der Waals surface area contributed by atoms with Crippen molar-refractivity contribution in [3.05, 3.63) is 0 Å². The van der Waals surface area contributed by atoms with Crippen LogP contribution in [0.2, 0.25) is 0 Å². The van der Waals surface area contributed by atoms with Crippen LogP contribution >= 0.6 is 0 Å². The van der Waals surface area contributed by atoms with E-state index in [1.54, 1.807) is 0 Å². The van der Waals surface area contributed by atoms with Gasteiger partial charge in [0.1, 0.15) is 0 Å². The fourth-order valence-corrected chi connectivity index (χ4v) is 1.91. The molecular weight excluding hydrogens is 152 g/mol. The van der Waals surface area contributed by atoms with Gasteiger partial charge in [-0.15, -0.1) is 0 Å². The highest BCUT2D eigenvalue weighted by atomic mass is 16.6. The van der Waals surface area contributed by atoms with Crippen molar-refractivity contribution >= 4 is 0 Å². The summed E-state index contributed by atoms with van der Waals surface area (Å²) < 4.78 is 11.2. The van der Waals surface area contributed by atoms with E-state index in [2.05, 4.69) is 6.92 Å². The van der Waals surface area contributed by atoms with Crippen LogP contribution in [0.5, 0.6) is 0 Å². The standard InChI is InChI=1S/C10H18O2/c1-2-3-6-11-8-4-5-9-10(7-8)12-9/h8-10H,2-7H2,1H3. The summed E-state index contributed by atoms with van der Waals surface area (Å²) in [5.41, 5.74) is 0. The Morgan fingerprint density at radius 3 is 3.00 bits per heavy atom. The summed E-state index contributed by atoms with van der Waals surface area (Å²) in [6.45, 7) is 3.14. The van der Waals surface area contributed by atoms with Gasteiger partial charge in [0.25, 0.3) is 0 Å². The maximum absolute atomic E-state index is 5.74. The van der Waals surface area contributed by atoms with E-state index in [4.69, 9.17) is 9.47 Å².